The average Bonchev–Trinajstić information content (AvgIpc) is 2.70. The molecule has 1 aromatic heterocycles. The molecule has 0 bridgehead atoms. The Hall–Kier alpha value is -1.55. The van der Waals surface area contributed by atoms with Crippen LogP contribution in [0.2, 0.25) is 0 Å². The Morgan fingerprint density at radius 1 is 1.37 bits per heavy atom. The number of fused-ring (bicyclic) bond motifs is 1. The molecule has 1 aromatic carbocycles. The summed E-state index contributed by atoms with van der Waals surface area (Å²) in [6.07, 6.45) is 2.88. The Morgan fingerprint density at radius 3 is 2.79 bits per heavy atom. The van der Waals surface area contributed by atoms with Gasteiger partial charge in [0, 0.05) is 26.3 Å². The van der Waals surface area contributed by atoms with Crippen LogP contribution in [0.25, 0.3) is 11.0 Å². The predicted molar refractivity (Wildman–Crippen MR) is 81.4 cm³/mol. The highest BCUT2D eigenvalue weighted by Crippen LogP contribution is 2.25. The van der Waals surface area contributed by atoms with Gasteiger partial charge in [0.2, 0.25) is 0 Å². The molecule has 2 N–H and O–H groups in total. The third-order valence-corrected chi connectivity index (χ3v) is 3.64. The number of hydrogen-bond donors (Lipinski definition) is 1. The quantitative estimate of drug-likeness (QED) is 0.898. The summed E-state index contributed by atoms with van der Waals surface area (Å²) in [6.45, 7) is 6.24. The minimum Gasteiger partial charge on any atom is -0.374 e. The number of nitrogens with zero attached hydrogens (tertiary/aromatic N) is 3. The third kappa shape index (κ3) is 3.07. The molecule has 19 heavy (non-hydrogen) atoms. The minimum atomic E-state index is 0.225. The zero-order valence-corrected chi connectivity index (χ0v) is 12.3. The maximum Gasteiger partial charge on any atom is 0.0955 e. The van der Waals surface area contributed by atoms with E-state index in [-0.39, 0.29) is 5.41 Å². The monoisotopic (exact) mass is 260 g/mol. The molecule has 4 heteroatoms. The summed E-state index contributed by atoms with van der Waals surface area (Å²) in [4.78, 5) is 6.69. The lowest BCUT2D eigenvalue weighted by Gasteiger charge is -2.31. The summed E-state index contributed by atoms with van der Waals surface area (Å²) in [6, 6.07) is 6.43. The largest absolute Gasteiger partial charge is 0.374 e. The summed E-state index contributed by atoms with van der Waals surface area (Å²) in [5, 5.41) is 0. The van der Waals surface area contributed by atoms with Crippen LogP contribution in [0.4, 0.5) is 5.69 Å². The first-order valence-electron chi connectivity index (χ1n) is 6.75. The van der Waals surface area contributed by atoms with Crippen molar-refractivity contribution in [2.45, 2.75) is 20.3 Å². The summed E-state index contributed by atoms with van der Waals surface area (Å²) < 4.78 is 2.04. The highest BCUT2D eigenvalue weighted by Gasteiger charge is 2.19. The Labute approximate surface area is 115 Å². The van der Waals surface area contributed by atoms with Crippen molar-refractivity contribution in [2.75, 3.05) is 25.0 Å². The maximum absolute atomic E-state index is 5.67. The van der Waals surface area contributed by atoms with Gasteiger partial charge in [-0.25, -0.2) is 4.98 Å². The lowest BCUT2D eigenvalue weighted by Crippen LogP contribution is -2.32. The molecule has 0 spiro atoms. The van der Waals surface area contributed by atoms with Crippen molar-refractivity contribution in [2.24, 2.45) is 18.2 Å². The standard InChI is InChI=1S/C15H24N4/c1-15(2,7-8-16)10-18(3)12-5-6-14-13(9-12)17-11-19(14)4/h5-6,9,11H,7-8,10,16H2,1-4H3. The van der Waals surface area contributed by atoms with Crippen molar-refractivity contribution in [3.05, 3.63) is 24.5 Å². The zero-order chi connectivity index (χ0) is 14.0. The summed E-state index contributed by atoms with van der Waals surface area (Å²) >= 11 is 0. The first-order chi connectivity index (χ1) is 8.93. The van der Waals surface area contributed by atoms with Crippen LogP contribution in [0.3, 0.4) is 0 Å². The van der Waals surface area contributed by atoms with Crippen molar-refractivity contribution < 1.29 is 0 Å². The van der Waals surface area contributed by atoms with Crippen LogP contribution >= 0.6 is 0 Å². The maximum atomic E-state index is 5.67. The second-order valence-corrected chi connectivity index (χ2v) is 6.09. The molecule has 0 aliphatic carbocycles. The molecule has 0 amide bonds. The third-order valence-electron chi connectivity index (χ3n) is 3.64. The molecule has 1 heterocycles. The number of benzene rings is 1. The van der Waals surface area contributed by atoms with Crippen LogP contribution < -0.4 is 10.6 Å². The second kappa shape index (κ2) is 5.21. The van der Waals surface area contributed by atoms with Crippen LogP contribution in [0.5, 0.6) is 0 Å². The van der Waals surface area contributed by atoms with Gasteiger partial charge < -0.3 is 15.2 Å². The molecule has 0 aliphatic rings. The fourth-order valence-electron chi connectivity index (χ4n) is 2.57. The molecule has 2 aromatic rings. The van der Waals surface area contributed by atoms with E-state index in [9.17, 15) is 0 Å². The van der Waals surface area contributed by atoms with Gasteiger partial charge in [0.15, 0.2) is 0 Å². The van der Waals surface area contributed by atoms with Crippen LogP contribution in [-0.4, -0.2) is 29.7 Å². The van der Waals surface area contributed by atoms with Crippen LogP contribution in [0, 0.1) is 5.41 Å². The second-order valence-electron chi connectivity index (χ2n) is 6.09. The number of nitrogens with two attached hydrogens (primary N) is 1. The van der Waals surface area contributed by atoms with Crippen molar-refractivity contribution in [1.29, 1.82) is 0 Å². The number of rotatable bonds is 5. The lowest BCUT2D eigenvalue weighted by atomic mass is 9.88. The van der Waals surface area contributed by atoms with E-state index in [2.05, 4.69) is 49.0 Å². The molecule has 0 fully saturated rings. The van der Waals surface area contributed by atoms with Crippen molar-refractivity contribution in [1.82, 2.24) is 9.55 Å². The summed E-state index contributed by atoms with van der Waals surface area (Å²) in [5.41, 5.74) is 9.31. The van der Waals surface area contributed by atoms with Crippen LogP contribution in [-0.2, 0) is 7.05 Å². The van der Waals surface area contributed by atoms with Gasteiger partial charge in [0.1, 0.15) is 0 Å². The van der Waals surface area contributed by atoms with Crippen molar-refractivity contribution in [3.63, 3.8) is 0 Å². The van der Waals surface area contributed by atoms with Crippen LogP contribution in [0.15, 0.2) is 24.5 Å². The molecule has 0 saturated carbocycles. The predicted octanol–water partition coefficient (Wildman–Crippen LogP) is 2.38. The Morgan fingerprint density at radius 2 is 2.11 bits per heavy atom. The number of imidazole rings is 1. The summed E-state index contributed by atoms with van der Waals surface area (Å²) in [5.74, 6) is 0. The van der Waals surface area contributed by atoms with E-state index in [0.29, 0.717) is 0 Å². The Balaban J connectivity index is 2.19. The molecule has 2 rings (SSSR count). The molecular weight excluding hydrogens is 236 g/mol. The SMILES string of the molecule is CN(CC(C)(C)CCN)c1ccc2c(c1)ncn2C. The van der Waals surface area contributed by atoms with Gasteiger partial charge in [-0.15, -0.1) is 0 Å². The number of aromatic nitrogens is 2. The topological polar surface area (TPSA) is 47.1 Å². The highest BCUT2D eigenvalue weighted by atomic mass is 15.1. The highest BCUT2D eigenvalue weighted by molar-refractivity contribution is 5.79. The Kier molecular flexibility index (Phi) is 3.80. The molecule has 0 atom stereocenters. The molecule has 0 aliphatic heterocycles. The van der Waals surface area contributed by atoms with E-state index in [1.54, 1.807) is 0 Å². The van der Waals surface area contributed by atoms with Gasteiger partial charge in [-0.2, -0.15) is 0 Å². The lowest BCUT2D eigenvalue weighted by molar-refractivity contribution is 0.347. The molecule has 0 radical (unpaired) electrons. The van der Waals surface area contributed by atoms with E-state index < -0.39 is 0 Å². The van der Waals surface area contributed by atoms with E-state index >= 15 is 0 Å². The fourth-order valence-corrected chi connectivity index (χ4v) is 2.57. The van der Waals surface area contributed by atoms with E-state index in [1.165, 1.54) is 11.2 Å². The number of anilines is 1. The average molecular weight is 260 g/mol. The van der Waals surface area contributed by atoms with Gasteiger partial charge in [0.05, 0.1) is 17.4 Å². The number of aryl methyl sites for hydroxylation is 1. The molecule has 4 nitrogen and oxygen atoms in total. The Bertz CT molecular complexity index is 556. The number of hydrogen-bond acceptors (Lipinski definition) is 3. The first kappa shape index (κ1) is 13.9. The zero-order valence-electron chi connectivity index (χ0n) is 12.3. The van der Waals surface area contributed by atoms with Gasteiger partial charge >= 0.3 is 0 Å². The molecular formula is C15H24N4. The first-order valence-corrected chi connectivity index (χ1v) is 6.75. The van der Waals surface area contributed by atoms with E-state index in [0.717, 1.165) is 25.0 Å². The van der Waals surface area contributed by atoms with E-state index in [1.807, 2.05) is 17.9 Å². The van der Waals surface area contributed by atoms with Crippen molar-refractivity contribution in [3.8, 4) is 0 Å². The molecule has 0 saturated heterocycles. The normalized spacial score (nSPS) is 12.1. The summed E-state index contributed by atoms with van der Waals surface area (Å²) in [7, 11) is 4.14. The molecule has 104 valence electrons. The van der Waals surface area contributed by atoms with Crippen molar-refractivity contribution >= 4 is 16.7 Å². The minimum absolute atomic E-state index is 0.225. The van der Waals surface area contributed by atoms with Gasteiger partial charge in [0.25, 0.3) is 0 Å². The van der Waals surface area contributed by atoms with Gasteiger partial charge in [-0.1, -0.05) is 13.8 Å². The van der Waals surface area contributed by atoms with E-state index in [4.69, 9.17) is 5.73 Å². The van der Waals surface area contributed by atoms with Gasteiger partial charge in [-0.3, -0.25) is 0 Å². The molecule has 0 unspecified atom stereocenters. The fraction of sp³-hybridized carbons (Fsp3) is 0.533. The smallest absolute Gasteiger partial charge is 0.0955 e. The van der Waals surface area contributed by atoms with Crippen LogP contribution in [0.1, 0.15) is 20.3 Å². The van der Waals surface area contributed by atoms with Gasteiger partial charge in [-0.05, 0) is 36.6 Å².